The molecule has 0 fully saturated rings. The van der Waals surface area contributed by atoms with Crippen LogP contribution in [0.4, 0.5) is 0 Å². The highest BCUT2D eigenvalue weighted by Crippen LogP contribution is 2.27. The summed E-state index contributed by atoms with van der Waals surface area (Å²) in [6, 6.07) is 16.4. The van der Waals surface area contributed by atoms with E-state index in [0.29, 0.717) is 0 Å². The Morgan fingerprint density at radius 1 is 1.23 bits per heavy atom. The number of rotatable bonds is 6. The van der Waals surface area contributed by atoms with Crippen LogP contribution < -0.4 is 5.48 Å². The van der Waals surface area contributed by atoms with E-state index in [9.17, 15) is 4.79 Å². The number of carbonyl (C=O) groups is 1. The van der Waals surface area contributed by atoms with Gasteiger partial charge in [0.15, 0.2) is 5.76 Å². The molecule has 1 amide bonds. The number of aromatic nitrogens is 1. The molecule has 154 valence electrons. The molecular formula is C24H25N3O3. The summed E-state index contributed by atoms with van der Waals surface area (Å²) in [4.78, 5) is 13.7. The minimum Gasteiger partial charge on any atom is -0.356 e. The molecule has 3 aromatic rings. The molecule has 6 nitrogen and oxygen atoms in total. The summed E-state index contributed by atoms with van der Waals surface area (Å²) >= 11 is 0. The standard InChI is InChI=1S/C24H25N3O3/c1-17-22(24(30-26-17)20-5-3-2-4-6-20)12-14-27-13-11-19-9-7-18(15-21(19)16-27)8-10-23(28)25-29/h2-10,15,29H,11-14,16H2,1H3,(H,25,28)/b10-8+. The maximum atomic E-state index is 11.2. The molecule has 2 heterocycles. The Balaban J connectivity index is 1.44. The monoisotopic (exact) mass is 403 g/mol. The number of hydroxylamine groups is 1. The van der Waals surface area contributed by atoms with Crippen LogP contribution >= 0.6 is 0 Å². The minimum atomic E-state index is -0.535. The normalized spacial score (nSPS) is 14.1. The fourth-order valence-electron chi connectivity index (χ4n) is 3.91. The molecule has 6 heteroatoms. The fraction of sp³-hybridized carbons (Fsp3) is 0.250. The lowest BCUT2D eigenvalue weighted by atomic mass is 9.96. The largest absolute Gasteiger partial charge is 0.356 e. The van der Waals surface area contributed by atoms with E-state index in [1.54, 1.807) is 11.6 Å². The summed E-state index contributed by atoms with van der Waals surface area (Å²) in [6.07, 6.45) is 4.91. The first-order valence-corrected chi connectivity index (χ1v) is 10.1. The number of hydrogen-bond donors (Lipinski definition) is 2. The summed E-state index contributed by atoms with van der Waals surface area (Å²) in [7, 11) is 0. The molecule has 0 aliphatic carbocycles. The molecule has 4 rings (SSSR count). The Hall–Kier alpha value is -3.22. The molecule has 0 bridgehead atoms. The van der Waals surface area contributed by atoms with Crippen LogP contribution in [-0.2, 0) is 24.2 Å². The van der Waals surface area contributed by atoms with E-state index in [1.165, 1.54) is 22.8 Å². The molecule has 0 saturated carbocycles. The number of amides is 1. The van der Waals surface area contributed by atoms with E-state index in [1.807, 2.05) is 43.3 Å². The number of nitrogens with zero attached hydrogens (tertiary/aromatic N) is 2. The Kier molecular flexibility index (Phi) is 6.07. The first-order chi connectivity index (χ1) is 14.6. The lowest BCUT2D eigenvalue weighted by Crippen LogP contribution is -2.32. The highest BCUT2D eigenvalue weighted by molar-refractivity contribution is 5.90. The van der Waals surface area contributed by atoms with Crippen molar-refractivity contribution in [1.82, 2.24) is 15.5 Å². The van der Waals surface area contributed by atoms with Crippen LogP contribution in [-0.4, -0.2) is 34.3 Å². The third-order valence-electron chi connectivity index (χ3n) is 5.56. The van der Waals surface area contributed by atoms with Crippen molar-refractivity contribution in [2.75, 3.05) is 13.1 Å². The molecule has 0 spiro atoms. The second-order valence-corrected chi connectivity index (χ2v) is 7.56. The lowest BCUT2D eigenvalue weighted by molar-refractivity contribution is -0.124. The van der Waals surface area contributed by atoms with E-state index in [4.69, 9.17) is 9.73 Å². The first kappa shape index (κ1) is 20.1. The van der Waals surface area contributed by atoms with Crippen LogP contribution in [0.15, 0.2) is 59.1 Å². The number of fused-ring (bicyclic) bond motifs is 1. The van der Waals surface area contributed by atoms with Gasteiger partial charge in [0.25, 0.3) is 5.91 Å². The van der Waals surface area contributed by atoms with Crippen LogP contribution in [0, 0.1) is 6.92 Å². The zero-order valence-corrected chi connectivity index (χ0v) is 17.0. The van der Waals surface area contributed by atoms with Crippen LogP contribution in [0.2, 0.25) is 0 Å². The highest BCUT2D eigenvalue weighted by atomic mass is 16.5. The SMILES string of the molecule is Cc1noc(-c2ccccc2)c1CCN1CCc2ccc(/C=C/C(=O)NO)cc2C1. The van der Waals surface area contributed by atoms with Crippen molar-refractivity contribution >= 4 is 12.0 Å². The Morgan fingerprint density at radius 3 is 2.87 bits per heavy atom. The van der Waals surface area contributed by atoms with E-state index >= 15 is 0 Å². The van der Waals surface area contributed by atoms with Crippen molar-refractivity contribution in [3.05, 3.63) is 82.6 Å². The molecule has 1 aliphatic rings. The quantitative estimate of drug-likeness (QED) is 0.372. The van der Waals surface area contributed by atoms with Gasteiger partial charge in [0.2, 0.25) is 0 Å². The van der Waals surface area contributed by atoms with Gasteiger partial charge in [-0.15, -0.1) is 0 Å². The zero-order valence-electron chi connectivity index (χ0n) is 17.0. The Labute approximate surface area is 175 Å². The Morgan fingerprint density at radius 2 is 2.07 bits per heavy atom. The van der Waals surface area contributed by atoms with Gasteiger partial charge in [0.1, 0.15) is 0 Å². The van der Waals surface area contributed by atoms with Crippen LogP contribution in [0.1, 0.15) is 27.9 Å². The maximum Gasteiger partial charge on any atom is 0.267 e. The predicted octanol–water partition coefficient (Wildman–Crippen LogP) is 3.77. The van der Waals surface area contributed by atoms with Crippen molar-refractivity contribution in [3.63, 3.8) is 0 Å². The summed E-state index contributed by atoms with van der Waals surface area (Å²) in [6.45, 7) is 4.81. The summed E-state index contributed by atoms with van der Waals surface area (Å²) in [5.41, 5.74) is 8.34. The van der Waals surface area contributed by atoms with Crippen molar-refractivity contribution in [2.24, 2.45) is 0 Å². The van der Waals surface area contributed by atoms with Gasteiger partial charge in [0.05, 0.1) is 5.69 Å². The minimum absolute atomic E-state index is 0.535. The van der Waals surface area contributed by atoms with E-state index < -0.39 is 5.91 Å². The number of nitrogens with one attached hydrogen (secondary N) is 1. The molecule has 2 aromatic carbocycles. The predicted molar refractivity (Wildman–Crippen MR) is 115 cm³/mol. The third-order valence-corrected chi connectivity index (χ3v) is 5.56. The molecule has 0 unspecified atom stereocenters. The number of aryl methyl sites for hydroxylation is 1. The molecule has 1 aliphatic heterocycles. The van der Waals surface area contributed by atoms with E-state index in [0.717, 1.165) is 55.1 Å². The number of hydrogen-bond acceptors (Lipinski definition) is 5. The molecule has 30 heavy (non-hydrogen) atoms. The fourth-order valence-corrected chi connectivity index (χ4v) is 3.91. The third kappa shape index (κ3) is 4.50. The van der Waals surface area contributed by atoms with Gasteiger partial charge in [-0.2, -0.15) is 0 Å². The molecule has 0 saturated heterocycles. The first-order valence-electron chi connectivity index (χ1n) is 10.1. The number of benzene rings is 2. The van der Waals surface area contributed by atoms with Gasteiger partial charge in [-0.25, -0.2) is 5.48 Å². The van der Waals surface area contributed by atoms with Crippen LogP contribution in [0.3, 0.4) is 0 Å². The molecule has 0 atom stereocenters. The molecule has 0 radical (unpaired) electrons. The summed E-state index contributed by atoms with van der Waals surface area (Å²) in [5.74, 6) is 0.327. The maximum absolute atomic E-state index is 11.2. The van der Waals surface area contributed by atoms with Gasteiger partial charge in [-0.3, -0.25) is 14.9 Å². The van der Waals surface area contributed by atoms with Gasteiger partial charge >= 0.3 is 0 Å². The van der Waals surface area contributed by atoms with Gasteiger partial charge < -0.3 is 4.52 Å². The van der Waals surface area contributed by atoms with Crippen molar-refractivity contribution in [3.8, 4) is 11.3 Å². The van der Waals surface area contributed by atoms with Crippen LogP contribution in [0.5, 0.6) is 0 Å². The summed E-state index contributed by atoms with van der Waals surface area (Å²) in [5, 5.41) is 12.8. The highest BCUT2D eigenvalue weighted by Gasteiger charge is 2.19. The lowest BCUT2D eigenvalue weighted by Gasteiger charge is -2.29. The smallest absolute Gasteiger partial charge is 0.267 e. The number of carbonyl (C=O) groups excluding carboxylic acids is 1. The molecular weight excluding hydrogens is 378 g/mol. The second kappa shape index (κ2) is 9.07. The van der Waals surface area contributed by atoms with Crippen molar-refractivity contribution in [1.29, 1.82) is 0 Å². The van der Waals surface area contributed by atoms with E-state index in [-0.39, 0.29) is 0 Å². The zero-order chi connectivity index (χ0) is 20.9. The summed E-state index contributed by atoms with van der Waals surface area (Å²) < 4.78 is 5.62. The average Bonchev–Trinajstić information content (AvgIpc) is 3.16. The topological polar surface area (TPSA) is 78.6 Å². The van der Waals surface area contributed by atoms with E-state index in [2.05, 4.69) is 22.2 Å². The van der Waals surface area contributed by atoms with Gasteiger partial charge in [-0.05, 0) is 42.5 Å². The van der Waals surface area contributed by atoms with Crippen molar-refractivity contribution < 1.29 is 14.5 Å². The molecule has 1 aromatic heterocycles. The second-order valence-electron chi connectivity index (χ2n) is 7.56. The van der Waals surface area contributed by atoms with Crippen LogP contribution in [0.25, 0.3) is 17.4 Å². The molecule has 2 N–H and O–H groups in total. The Bertz CT molecular complexity index is 1060. The van der Waals surface area contributed by atoms with Gasteiger partial charge in [0, 0.05) is 36.8 Å². The van der Waals surface area contributed by atoms with Crippen molar-refractivity contribution in [2.45, 2.75) is 26.3 Å². The average molecular weight is 403 g/mol. The van der Waals surface area contributed by atoms with Gasteiger partial charge in [-0.1, -0.05) is 53.7 Å².